The van der Waals surface area contributed by atoms with Crippen LogP contribution in [0.5, 0.6) is 0 Å². The van der Waals surface area contributed by atoms with Crippen LogP contribution < -0.4 is 5.32 Å². The van der Waals surface area contributed by atoms with Crippen LogP contribution in [0.25, 0.3) is 11.4 Å². The zero-order valence-corrected chi connectivity index (χ0v) is 16.2. The van der Waals surface area contributed by atoms with Crippen LogP contribution in [0.3, 0.4) is 0 Å². The van der Waals surface area contributed by atoms with Gasteiger partial charge in [0.25, 0.3) is 0 Å². The van der Waals surface area contributed by atoms with Gasteiger partial charge in [0.1, 0.15) is 0 Å². The molecule has 25 heavy (non-hydrogen) atoms. The third-order valence-electron chi connectivity index (χ3n) is 3.57. The molecule has 2 aromatic carbocycles. The summed E-state index contributed by atoms with van der Waals surface area (Å²) in [7, 11) is 0. The monoisotopic (exact) mass is 416 g/mol. The van der Waals surface area contributed by atoms with Crippen LogP contribution in [0.2, 0.25) is 0 Å². The van der Waals surface area contributed by atoms with E-state index in [0.29, 0.717) is 11.0 Å². The predicted molar refractivity (Wildman–Crippen MR) is 105 cm³/mol. The number of aromatic nitrogens is 3. The van der Waals surface area contributed by atoms with E-state index in [2.05, 4.69) is 36.4 Å². The van der Waals surface area contributed by atoms with Crippen LogP contribution in [-0.2, 0) is 4.79 Å². The Kier molecular flexibility index (Phi) is 5.55. The molecule has 7 heteroatoms. The van der Waals surface area contributed by atoms with Crippen LogP contribution in [0, 0.1) is 13.8 Å². The molecule has 1 heterocycles. The Morgan fingerprint density at radius 3 is 2.68 bits per heavy atom. The number of aryl methyl sites for hydroxylation is 2. The maximum atomic E-state index is 12.1. The second kappa shape index (κ2) is 7.84. The quantitative estimate of drug-likeness (QED) is 0.596. The molecule has 0 aliphatic carbocycles. The average molecular weight is 417 g/mol. The highest BCUT2D eigenvalue weighted by Crippen LogP contribution is 2.22. The molecule has 3 aromatic rings. The number of H-pyrrole nitrogens is 1. The van der Waals surface area contributed by atoms with Crippen molar-refractivity contribution < 1.29 is 4.79 Å². The van der Waals surface area contributed by atoms with Gasteiger partial charge in [-0.15, -0.1) is 5.10 Å². The molecule has 5 nitrogen and oxygen atoms in total. The number of nitrogens with one attached hydrogen (secondary N) is 2. The number of hydrogen-bond acceptors (Lipinski definition) is 4. The zero-order chi connectivity index (χ0) is 17.8. The minimum atomic E-state index is -0.0769. The van der Waals surface area contributed by atoms with Gasteiger partial charge < -0.3 is 5.32 Å². The van der Waals surface area contributed by atoms with E-state index in [-0.39, 0.29) is 11.7 Å². The molecule has 0 saturated carbocycles. The van der Waals surface area contributed by atoms with Gasteiger partial charge >= 0.3 is 0 Å². The number of amides is 1. The highest BCUT2D eigenvalue weighted by molar-refractivity contribution is 9.10. The van der Waals surface area contributed by atoms with Crippen molar-refractivity contribution in [2.75, 3.05) is 11.1 Å². The minimum absolute atomic E-state index is 0.0769. The van der Waals surface area contributed by atoms with E-state index in [1.54, 1.807) is 0 Å². The van der Waals surface area contributed by atoms with Gasteiger partial charge in [-0.2, -0.15) is 0 Å². The topological polar surface area (TPSA) is 70.7 Å². The van der Waals surface area contributed by atoms with Crippen LogP contribution >= 0.6 is 27.7 Å². The van der Waals surface area contributed by atoms with Gasteiger partial charge in [-0.05, 0) is 37.6 Å². The van der Waals surface area contributed by atoms with E-state index in [1.807, 2.05) is 56.3 Å². The average Bonchev–Trinajstić information content (AvgIpc) is 3.05. The molecule has 0 aliphatic heterocycles. The molecule has 1 amide bonds. The molecule has 1 aromatic heterocycles. The van der Waals surface area contributed by atoms with Gasteiger partial charge in [-0.25, -0.2) is 4.98 Å². The van der Waals surface area contributed by atoms with Crippen LogP contribution in [0.15, 0.2) is 52.1 Å². The van der Waals surface area contributed by atoms with E-state index >= 15 is 0 Å². The van der Waals surface area contributed by atoms with E-state index in [0.717, 1.165) is 21.3 Å². The van der Waals surface area contributed by atoms with Crippen molar-refractivity contribution in [3.8, 4) is 11.4 Å². The number of halogens is 1. The van der Waals surface area contributed by atoms with E-state index in [4.69, 9.17) is 0 Å². The molecule has 0 radical (unpaired) electrons. The summed E-state index contributed by atoms with van der Waals surface area (Å²) in [5, 5.41) is 10.5. The van der Waals surface area contributed by atoms with Crippen molar-refractivity contribution >= 4 is 39.3 Å². The van der Waals surface area contributed by atoms with Gasteiger partial charge in [0.15, 0.2) is 5.82 Å². The lowest BCUT2D eigenvalue weighted by atomic mass is 10.1. The molecule has 2 N–H and O–H groups in total. The van der Waals surface area contributed by atoms with Gasteiger partial charge in [0.05, 0.1) is 5.75 Å². The molecule has 3 rings (SSSR count). The van der Waals surface area contributed by atoms with Crippen molar-refractivity contribution in [1.29, 1.82) is 0 Å². The number of hydrogen-bond donors (Lipinski definition) is 2. The molecule has 0 atom stereocenters. The number of anilines is 1. The first-order valence-electron chi connectivity index (χ1n) is 7.69. The smallest absolute Gasteiger partial charge is 0.234 e. The van der Waals surface area contributed by atoms with Gasteiger partial charge in [0, 0.05) is 15.7 Å². The summed E-state index contributed by atoms with van der Waals surface area (Å²) >= 11 is 4.71. The predicted octanol–water partition coefficient (Wildman–Crippen LogP) is 4.58. The van der Waals surface area contributed by atoms with Crippen molar-refractivity contribution in [3.05, 3.63) is 58.1 Å². The number of carbonyl (C=O) groups is 1. The second-order valence-corrected chi connectivity index (χ2v) is 7.49. The maximum absolute atomic E-state index is 12.1. The van der Waals surface area contributed by atoms with Gasteiger partial charge in [-0.1, -0.05) is 57.5 Å². The fourth-order valence-electron chi connectivity index (χ4n) is 2.32. The molecule has 0 aliphatic rings. The van der Waals surface area contributed by atoms with Crippen molar-refractivity contribution in [2.45, 2.75) is 19.0 Å². The molecule has 0 unspecified atom stereocenters. The molecular formula is C18H17BrN4OS. The third kappa shape index (κ3) is 4.70. The van der Waals surface area contributed by atoms with E-state index in [9.17, 15) is 4.79 Å². The maximum Gasteiger partial charge on any atom is 0.234 e. The number of carbonyl (C=O) groups excluding carboxylic acids is 1. The van der Waals surface area contributed by atoms with Crippen molar-refractivity contribution in [1.82, 2.24) is 15.2 Å². The van der Waals surface area contributed by atoms with Crippen molar-refractivity contribution in [3.63, 3.8) is 0 Å². The van der Waals surface area contributed by atoms with Crippen LogP contribution in [0.4, 0.5) is 5.69 Å². The largest absolute Gasteiger partial charge is 0.325 e. The first-order valence-corrected chi connectivity index (χ1v) is 9.47. The Balaban J connectivity index is 1.58. The summed E-state index contributed by atoms with van der Waals surface area (Å²) < 4.78 is 1.01. The van der Waals surface area contributed by atoms with Crippen molar-refractivity contribution in [2.24, 2.45) is 0 Å². The van der Waals surface area contributed by atoms with Crippen LogP contribution in [-0.4, -0.2) is 26.8 Å². The Bertz CT molecular complexity index is 892. The lowest BCUT2D eigenvalue weighted by molar-refractivity contribution is -0.113. The normalized spacial score (nSPS) is 10.7. The first kappa shape index (κ1) is 17.7. The fourth-order valence-corrected chi connectivity index (χ4v) is 3.18. The number of nitrogens with zero attached hydrogens (tertiary/aromatic N) is 2. The number of benzene rings is 2. The van der Waals surface area contributed by atoms with E-state index in [1.165, 1.54) is 17.3 Å². The van der Waals surface area contributed by atoms with Gasteiger partial charge in [-0.3, -0.25) is 9.89 Å². The molecule has 128 valence electrons. The van der Waals surface area contributed by atoms with Crippen LogP contribution in [0.1, 0.15) is 11.1 Å². The summed E-state index contributed by atoms with van der Waals surface area (Å²) in [6.45, 7) is 4.01. The fraction of sp³-hybridized carbons (Fsp3) is 0.167. The van der Waals surface area contributed by atoms with Gasteiger partial charge in [0.2, 0.25) is 11.1 Å². The third-order valence-corrected chi connectivity index (χ3v) is 4.95. The lowest BCUT2D eigenvalue weighted by Gasteiger charge is -2.08. The summed E-state index contributed by atoms with van der Waals surface area (Å²) in [5.41, 5.74) is 4.00. The second-order valence-electron chi connectivity index (χ2n) is 5.63. The Morgan fingerprint density at radius 1 is 1.20 bits per heavy atom. The first-order chi connectivity index (χ1) is 12.0. The number of rotatable bonds is 5. The molecule has 0 saturated heterocycles. The molecule has 0 spiro atoms. The summed E-state index contributed by atoms with van der Waals surface area (Å²) in [6.07, 6.45) is 0. The summed E-state index contributed by atoms with van der Waals surface area (Å²) in [6, 6.07) is 13.7. The number of thioether (sulfide) groups is 1. The highest BCUT2D eigenvalue weighted by atomic mass is 79.9. The summed E-state index contributed by atoms with van der Waals surface area (Å²) in [5.74, 6) is 0.863. The lowest BCUT2D eigenvalue weighted by Crippen LogP contribution is -2.15. The minimum Gasteiger partial charge on any atom is -0.325 e. The Labute approximate surface area is 158 Å². The molecular weight excluding hydrogens is 400 g/mol. The summed E-state index contributed by atoms with van der Waals surface area (Å²) in [4.78, 5) is 16.6. The SMILES string of the molecule is Cc1ccc(NC(=O)CSc2n[nH]c(-c3ccc(Br)cc3)n2)c(C)c1. The Morgan fingerprint density at radius 2 is 1.96 bits per heavy atom. The zero-order valence-electron chi connectivity index (χ0n) is 13.8. The molecule has 0 bridgehead atoms. The molecule has 0 fully saturated rings. The Hall–Kier alpha value is -2.12. The highest BCUT2D eigenvalue weighted by Gasteiger charge is 2.10. The standard InChI is InChI=1S/C18H17BrN4OS/c1-11-3-8-15(12(2)9-11)20-16(24)10-25-18-21-17(22-23-18)13-4-6-14(19)7-5-13/h3-9H,10H2,1-2H3,(H,20,24)(H,21,22,23). The van der Waals surface area contributed by atoms with E-state index < -0.39 is 0 Å². The number of aromatic amines is 1.